The summed E-state index contributed by atoms with van der Waals surface area (Å²) in [6.45, 7) is 5.74. The first kappa shape index (κ1) is 21.5. The lowest BCUT2D eigenvalue weighted by molar-refractivity contribution is -0.117. The minimum absolute atomic E-state index is 0.0117. The first-order valence-electron chi connectivity index (χ1n) is 9.92. The molecule has 2 aromatic carbocycles. The molecule has 1 heterocycles. The Labute approximate surface area is 173 Å². The summed E-state index contributed by atoms with van der Waals surface area (Å²) < 4.78 is 23.3. The molecule has 1 saturated heterocycles. The van der Waals surface area contributed by atoms with E-state index in [1.165, 1.54) is 17.7 Å². The van der Waals surface area contributed by atoms with Crippen molar-refractivity contribution in [1.29, 1.82) is 0 Å². The number of aryl methyl sites for hydroxylation is 1. The van der Waals surface area contributed by atoms with Gasteiger partial charge in [-0.2, -0.15) is 0 Å². The first-order valence-corrected chi connectivity index (χ1v) is 11.5. The maximum Gasteiger partial charge on any atom is 0.238 e. The molecule has 7 heteroatoms. The topological polar surface area (TPSA) is 92.5 Å². The van der Waals surface area contributed by atoms with Gasteiger partial charge in [-0.25, -0.2) is 13.6 Å². The molecule has 0 atom stereocenters. The van der Waals surface area contributed by atoms with Gasteiger partial charge >= 0.3 is 0 Å². The molecule has 156 valence electrons. The van der Waals surface area contributed by atoms with E-state index in [0.29, 0.717) is 18.2 Å². The summed E-state index contributed by atoms with van der Waals surface area (Å²) >= 11 is 0. The standard InChI is InChI=1S/C22H29N3O3S/c1-16-12-20(29(23,27)28)14-21(17(16)2)24-22(26)15-25-10-8-19(9-11-25)13-18-6-4-3-5-7-18/h3-7,12,14,19H,8-11,13,15H2,1-2H3,(H,24,26)(H2,23,27,28). The van der Waals surface area contributed by atoms with Crippen LogP contribution in [0.1, 0.15) is 29.5 Å². The van der Waals surface area contributed by atoms with Crippen molar-refractivity contribution in [2.24, 2.45) is 11.1 Å². The number of hydrogen-bond acceptors (Lipinski definition) is 4. The summed E-state index contributed by atoms with van der Waals surface area (Å²) in [5, 5.41) is 8.11. The number of nitrogens with one attached hydrogen (secondary N) is 1. The lowest BCUT2D eigenvalue weighted by atomic mass is 9.90. The van der Waals surface area contributed by atoms with Crippen molar-refractivity contribution in [1.82, 2.24) is 4.90 Å². The van der Waals surface area contributed by atoms with Crippen LogP contribution in [-0.2, 0) is 21.2 Å². The molecule has 1 amide bonds. The van der Waals surface area contributed by atoms with Gasteiger partial charge in [-0.15, -0.1) is 0 Å². The van der Waals surface area contributed by atoms with Crippen LogP contribution in [0, 0.1) is 19.8 Å². The van der Waals surface area contributed by atoms with Crippen molar-refractivity contribution >= 4 is 21.6 Å². The monoisotopic (exact) mass is 415 g/mol. The number of sulfonamides is 1. The van der Waals surface area contributed by atoms with E-state index in [2.05, 4.69) is 34.5 Å². The maximum atomic E-state index is 12.5. The molecule has 2 aromatic rings. The fourth-order valence-electron chi connectivity index (χ4n) is 3.81. The SMILES string of the molecule is Cc1cc(S(N)(=O)=O)cc(NC(=O)CN2CCC(Cc3ccccc3)CC2)c1C. The van der Waals surface area contributed by atoms with Gasteiger partial charge in [0.05, 0.1) is 11.4 Å². The normalized spacial score (nSPS) is 16.0. The average molecular weight is 416 g/mol. The third-order valence-electron chi connectivity index (χ3n) is 5.69. The van der Waals surface area contributed by atoms with Gasteiger partial charge in [-0.1, -0.05) is 30.3 Å². The molecular formula is C22H29N3O3S. The lowest BCUT2D eigenvalue weighted by Crippen LogP contribution is -2.39. The first-order chi connectivity index (χ1) is 13.7. The Morgan fingerprint density at radius 1 is 1.14 bits per heavy atom. The minimum atomic E-state index is -3.82. The van der Waals surface area contributed by atoms with Crippen LogP contribution in [-0.4, -0.2) is 38.9 Å². The Balaban J connectivity index is 1.55. The number of amides is 1. The van der Waals surface area contributed by atoms with Crippen LogP contribution in [0.3, 0.4) is 0 Å². The van der Waals surface area contributed by atoms with Crippen LogP contribution < -0.4 is 10.5 Å². The zero-order valence-corrected chi connectivity index (χ0v) is 17.8. The molecule has 1 aliphatic heterocycles. The molecule has 0 spiro atoms. The number of rotatable bonds is 6. The molecule has 0 aromatic heterocycles. The van der Waals surface area contributed by atoms with E-state index >= 15 is 0 Å². The lowest BCUT2D eigenvalue weighted by Gasteiger charge is -2.31. The zero-order valence-electron chi connectivity index (χ0n) is 17.0. The fourth-order valence-corrected chi connectivity index (χ4v) is 4.43. The second-order valence-electron chi connectivity index (χ2n) is 7.92. The predicted octanol–water partition coefficient (Wildman–Crippen LogP) is 2.84. The van der Waals surface area contributed by atoms with Crippen LogP contribution in [0.15, 0.2) is 47.4 Å². The van der Waals surface area contributed by atoms with Gasteiger partial charge in [-0.05, 0) is 80.9 Å². The molecule has 1 fully saturated rings. The van der Waals surface area contributed by atoms with Crippen molar-refractivity contribution in [3.63, 3.8) is 0 Å². The van der Waals surface area contributed by atoms with Gasteiger partial charge in [0.25, 0.3) is 0 Å². The van der Waals surface area contributed by atoms with Crippen molar-refractivity contribution in [2.75, 3.05) is 25.0 Å². The molecule has 0 aliphatic carbocycles. The van der Waals surface area contributed by atoms with Gasteiger partial charge in [0.1, 0.15) is 0 Å². The molecule has 29 heavy (non-hydrogen) atoms. The van der Waals surface area contributed by atoms with E-state index in [9.17, 15) is 13.2 Å². The number of likely N-dealkylation sites (tertiary alicyclic amines) is 1. The number of anilines is 1. The highest BCUT2D eigenvalue weighted by Gasteiger charge is 2.22. The Kier molecular flexibility index (Phi) is 6.72. The van der Waals surface area contributed by atoms with E-state index < -0.39 is 10.0 Å². The number of primary sulfonamides is 1. The van der Waals surface area contributed by atoms with Gasteiger partial charge < -0.3 is 5.32 Å². The largest absolute Gasteiger partial charge is 0.325 e. The van der Waals surface area contributed by atoms with E-state index in [1.54, 1.807) is 6.92 Å². The van der Waals surface area contributed by atoms with Crippen molar-refractivity contribution in [3.8, 4) is 0 Å². The maximum absolute atomic E-state index is 12.5. The Hall–Kier alpha value is -2.22. The summed E-state index contributed by atoms with van der Waals surface area (Å²) in [5.41, 5.74) is 3.48. The molecule has 0 bridgehead atoms. The van der Waals surface area contributed by atoms with Crippen LogP contribution in [0.5, 0.6) is 0 Å². The number of nitrogens with two attached hydrogens (primary N) is 1. The quantitative estimate of drug-likeness (QED) is 0.759. The number of benzene rings is 2. The van der Waals surface area contributed by atoms with E-state index in [0.717, 1.165) is 43.5 Å². The summed E-state index contributed by atoms with van der Waals surface area (Å²) in [6, 6.07) is 13.5. The van der Waals surface area contributed by atoms with Gasteiger partial charge in [0, 0.05) is 5.69 Å². The number of carbonyl (C=O) groups is 1. The van der Waals surface area contributed by atoms with Gasteiger partial charge in [0.15, 0.2) is 0 Å². The predicted molar refractivity (Wildman–Crippen MR) is 115 cm³/mol. The minimum Gasteiger partial charge on any atom is -0.325 e. The molecule has 0 saturated carbocycles. The molecule has 6 nitrogen and oxygen atoms in total. The van der Waals surface area contributed by atoms with E-state index in [1.807, 2.05) is 13.0 Å². The average Bonchev–Trinajstić information content (AvgIpc) is 2.67. The second kappa shape index (κ2) is 9.07. The highest BCUT2D eigenvalue weighted by molar-refractivity contribution is 7.89. The third kappa shape index (κ3) is 5.88. The molecule has 3 N–H and O–H groups in total. The highest BCUT2D eigenvalue weighted by Crippen LogP contribution is 2.24. The van der Waals surface area contributed by atoms with Gasteiger partial charge in [0.2, 0.25) is 15.9 Å². The fraction of sp³-hybridized carbons (Fsp3) is 0.409. The van der Waals surface area contributed by atoms with Gasteiger partial charge in [-0.3, -0.25) is 9.69 Å². The van der Waals surface area contributed by atoms with Crippen LogP contribution in [0.25, 0.3) is 0 Å². The van der Waals surface area contributed by atoms with E-state index in [4.69, 9.17) is 5.14 Å². The number of carbonyl (C=O) groups excluding carboxylic acids is 1. The third-order valence-corrected chi connectivity index (χ3v) is 6.58. The summed E-state index contributed by atoms with van der Waals surface area (Å²) in [5.74, 6) is 0.508. The smallest absolute Gasteiger partial charge is 0.238 e. The summed E-state index contributed by atoms with van der Waals surface area (Å²) in [7, 11) is -3.82. The van der Waals surface area contributed by atoms with Crippen molar-refractivity contribution in [3.05, 3.63) is 59.2 Å². The molecule has 3 rings (SSSR count). The molecule has 1 aliphatic rings. The molecule has 0 radical (unpaired) electrons. The summed E-state index contributed by atoms with van der Waals surface area (Å²) in [4.78, 5) is 14.7. The molecule has 0 unspecified atom stereocenters. The number of nitrogens with zero attached hydrogens (tertiary/aromatic N) is 1. The summed E-state index contributed by atoms with van der Waals surface area (Å²) in [6.07, 6.45) is 3.22. The zero-order chi connectivity index (χ0) is 21.0. The second-order valence-corrected chi connectivity index (χ2v) is 9.48. The van der Waals surface area contributed by atoms with Crippen molar-refractivity contribution < 1.29 is 13.2 Å². The Morgan fingerprint density at radius 3 is 2.41 bits per heavy atom. The Bertz CT molecular complexity index is 966. The van der Waals surface area contributed by atoms with Crippen molar-refractivity contribution in [2.45, 2.75) is 38.0 Å². The Morgan fingerprint density at radius 2 is 1.79 bits per heavy atom. The van der Waals surface area contributed by atoms with E-state index in [-0.39, 0.29) is 10.8 Å². The highest BCUT2D eigenvalue weighted by atomic mass is 32.2. The number of hydrogen-bond donors (Lipinski definition) is 2. The van der Waals surface area contributed by atoms with Crippen LogP contribution >= 0.6 is 0 Å². The van der Waals surface area contributed by atoms with Crippen LogP contribution in [0.2, 0.25) is 0 Å². The number of piperidine rings is 1. The molecular weight excluding hydrogens is 386 g/mol. The van der Waals surface area contributed by atoms with Crippen LogP contribution in [0.4, 0.5) is 5.69 Å².